The van der Waals surface area contributed by atoms with Crippen molar-refractivity contribution < 1.29 is 14.6 Å². The molecule has 0 saturated heterocycles. The standard InChI is InChI=1S/C10H8Br2O3/c1-15-10(14)7-3-2-6(5-9(11)12)8(13)4-7/h2-5,13H,1H3. The lowest BCUT2D eigenvalue weighted by Crippen LogP contribution is -2.00. The van der Waals surface area contributed by atoms with Gasteiger partial charge in [-0.1, -0.05) is 6.07 Å². The number of ether oxygens (including phenoxy) is 1. The second-order valence-electron chi connectivity index (χ2n) is 2.70. The van der Waals surface area contributed by atoms with Crippen LogP contribution in [0.15, 0.2) is 21.6 Å². The molecule has 15 heavy (non-hydrogen) atoms. The SMILES string of the molecule is COC(=O)c1ccc(C=C(Br)Br)c(O)c1. The number of carbonyl (C=O) groups excluding carboxylic acids is 1. The van der Waals surface area contributed by atoms with Crippen molar-refractivity contribution in [3.8, 4) is 5.75 Å². The summed E-state index contributed by atoms with van der Waals surface area (Å²) in [6, 6.07) is 4.57. The van der Waals surface area contributed by atoms with Gasteiger partial charge in [-0.25, -0.2) is 4.79 Å². The zero-order valence-corrected chi connectivity index (χ0v) is 11.0. The molecule has 1 aromatic carbocycles. The van der Waals surface area contributed by atoms with Crippen molar-refractivity contribution in [1.82, 2.24) is 0 Å². The number of rotatable bonds is 2. The van der Waals surface area contributed by atoms with Crippen LogP contribution in [0.1, 0.15) is 15.9 Å². The van der Waals surface area contributed by atoms with E-state index >= 15 is 0 Å². The Morgan fingerprint density at radius 2 is 2.13 bits per heavy atom. The number of carbonyl (C=O) groups is 1. The zero-order chi connectivity index (χ0) is 11.4. The molecule has 0 fully saturated rings. The number of benzene rings is 1. The third-order valence-corrected chi connectivity index (χ3v) is 2.17. The molecule has 1 N–H and O–H groups in total. The van der Waals surface area contributed by atoms with Crippen LogP contribution in [0.5, 0.6) is 5.75 Å². The zero-order valence-electron chi connectivity index (χ0n) is 7.83. The third-order valence-electron chi connectivity index (χ3n) is 1.72. The van der Waals surface area contributed by atoms with E-state index in [0.29, 0.717) is 14.5 Å². The summed E-state index contributed by atoms with van der Waals surface area (Å²) in [4.78, 5) is 11.1. The van der Waals surface area contributed by atoms with E-state index in [2.05, 4.69) is 36.6 Å². The molecule has 0 aliphatic carbocycles. The summed E-state index contributed by atoms with van der Waals surface area (Å²) in [7, 11) is 1.29. The van der Waals surface area contributed by atoms with Gasteiger partial charge in [0, 0.05) is 5.56 Å². The highest BCUT2D eigenvalue weighted by molar-refractivity contribution is 9.28. The first-order valence-electron chi connectivity index (χ1n) is 3.98. The van der Waals surface area contributed by atoms with Crippen molar-refractivity contribution in [3.63, 3.8) is 0 Å². The molecule has 0 aliphatic rings. The predicted octanol–water partition coefficient (Wildman–Crippen LogP) is 3.27. The molecule has 0 radical (unpaired) electrons. The summed E-state index contributed by atoms with van der Waals surface area (Å²) >= 11 is 6.36. The summed E-state index contributed by atoms with van der Waals surface area (Å²) in [5.41, 5.74) is 0.921. The Labute approximate surface area is 104 Å². The fourth-order valence-corrected chi connectivity index (χ4v) is 1.52. The van der Waals surface area contributed by atoms with Gasteiger partial charge in [0.05, 0.1) is 16.1 Å². The van der Waals surface area contributed by atoms with Gasteiger partial charge in [-0.05, 0) is 50.1 Å². The average Bonchev–Trinajstić information content (AvgIpc) is 2.19. The van der Waals surface area contributed by atoms with E-state index in [1.54, 1.807) is 18.2 Å². The van der Waals surface area contributed by atoms with Gasteiger partial charge in [0.2, 0.25) is 0 Å². The molecule has 5 heteroatoms. The topological polar surface area (TPSA) is 46.5 Å². The quantitative estimate of drug-likeness (QED) is 0.844. The number of hydrogen-bond donors (Lipinski definition) is 1. The van der Waals surface area contributed by atoms with Crippen LogP contribution in [0, 0.1) is 0 Å². The minimum absolute atomic E-state index is 0.0225. The lowest BCUT2D eigenvalue weighted by atomic mass is 10.1. The Kier molecular flexibility index (Phi) is 4.35. The molecular formula is C10H8Br2O3. The van der Waals surface area contributed by atoms with Crippen LogP contribution in [-0.2, 0) is 4.74 Å². The average molecular weight is 336 g/mol. The molecule has 0 heterocycles. The number of aromatic hydroxyl groups is 1. The largest absolute Gasteiger partial charge is 0.507 e. The first-order chi connectivity index (χ1) is 7.04. The number of halogens is 2. The molecule has 1 aromatic rings. The Bertz CT molecular complexity index is 409. The summed E-state index contributed by atoms with van der Waals surface area (Å²) in [6.45, 7) is 0. The molecule has 0 bridgehead atoms. The van der Waals surface area contributed by atoms with Gasteiger partial charge in [0.15, 0.2) is 0 Å². The molecule has 0 amide bonds. The molecule has 0 atom stereocenters. The molecule has 0 spiro atoms. The molecular weight excluding hydrogens is 328 g/mol. The molecule has 0 saturated carbocycles. The molecule has 0 unspecified atom stereocenters. The molecule has 80 valence electrons. The minimum Gasteiger partial charge on any atom is -0.507 e. The molecule has 1 rings (SSSR count). The Morgan fingerprint density at radius 3 is 2.60 bits per heavy atom. The van der Waals surface area contributed by atoms with Gasteiger partial charge in [-0.3, -0.25) is 0 Å². The van der Waals surface area contributed by atoms with Crippen molar-refractivity contribution in [2.24, 2.45) is 0 Å². The summed E-state index contributed by atoms with van der Waals surface area (Å²) < 4.78 is 5.23. The second-order valence-corrected chi connectivity index (χ2v) is 5.47. The highest BCUT2D eigenvalue weighted by atomic mass is 79.9. The monoisotopic (exact) mass is 334 g/mol. The normalized spacial score (nSPS) is 9.53. The third kappa shape index (κ3) is 3.35. The van der Waals surface area contributed by atoms with E-state index in [1.165, 1.54) is 13.2 Å². The van der Waals surface area contributed by atoms with E-state index < -0.39 is 5.97 Å². The number of phenolic OH excluding ortho intramolecular Hbond substituents is 1. The number of phenols is 1. The van der Waals surface area contributed by atoms with Gasteiger partial charge in [-0.2, -0.15) is 0 Å². The number of esters is 1. The molecule has 0 aliphatic heterocycles. The van der Waals surface area contributed by atoms with Crippen molar-refractivity contribution in [3.05, 3.63) is 32.7 Å². The van der Waals surface area contributed by atoms with Gasteiger partial charge in [-0.15, -0.1) is 0 Å². The fourth-order valence-electron chi connectivity index (χ4n) is 1.03. The van der Waals surface area contributed by atoms with Crippen molar-refractivity contribution >= 4 is 43.9 Å². The maximum atomic E-state index is 11.1. The van der Waals surface area contributed by atoms with Crippen LogP contribution < -0.4 is 0 Å². The maximum absolute atomic E-state index is 11.1. The lowest BCUT2D eigenvalue weighted by molar-refractivity contribution is 0.0600. The van der Waals surface area contributed by atoms with Gasteiger partial charge < -0.3 is 9.84 Å². The number of hydrogen-bond acceptors (Lipinski definition) is 3. The smallest absolute Gasteiger partial charge is 0.337 e. The van der Waals surface area contributed by atoms with Gasteiger partial charge in [0.1, 0.15) is 5.75 Å². The van der Waals surface area contributed by atoms with E-state index in [0.717, 1.165) is 0 Å². The fraction of sp³-hybridized carbons (Fsp3) is 0.100. The highest BCUT2D eigenvalue weighted by Gasteiger charge is 2.07. The van der Waals surface area contributed by atoms with Crippen LogP contribution >= 0.6 is 31.9 Å². The first kappa shape index (κ1) is 12.3. The highest BCUT2D eigenvalue weighted by Crippen LogP contribution is 2.25. The Hall–Kier alpha value is -0.810. The van der Waals surface area contributed by atoms with Crippen LogP contribution in [0.2, 0.25) is 0 Å². The lowest BCUT2D eigenvalue weighted by Gasteiger charge is -2.02. The van der Waals surface area contributed by atoms with E-state index in [4.69, 9.17) is 0 Å². The van der Waals surface area contributed by atoms with Crippen LogP contribution in [-0.4, -0.2) is 18.2 Å². The Morgan fingerprint density at radius 1 is 1.47 bits per heavy atom. The Balaban J connectivity index is 3.09. The van der Waals surface area contributed by atoms with E-state index in [1.807, 2.05) is 0 Å². The first-order valence-corrected chi connectivity index (χ1v) is 5.57. The van der Waals surface area contributed by atoms with Crippen LogP contribution in [0.4, 0.5) is 0 Å². The predicted molar refractivity (Wildman–Crippen MR) is 65.3 cm³/mol. The van der Waals surface area contributed by atoms with Crippen molar-refractivity contribution in [2.45, 2.75) is 0 Å². The summed E-state index contributed by atoms with van der Waals surface area (Å²) in [5.74, 6) is -0.451. The van der Waals surface area contributed by atoms with E-state index in [9.17, 15) is 9.90 Å². The second kappa shape index (κ2) is 5.32. The molecule has 3 nitrogen and oxygen atoms in total. The van der Waals surface area contributed by atoms with Crippen LogP contribution in [0.25, 0.3) is 6.08 Å². The minimum atomic E-state index is -0.473. The summed E-state index contributed by atoms with van der Waals surface area (Å²) in [5, 5.41) is 9.59. The number of methoxy groups -OCH3 is 1. The van der Waals surface area contributed by atoms with Gasteiger partial charge >= 0.3 is 5.97 Å². The van der Waals surface area contributed by atoms with Gasteiger partial charge in [0.25, 0.3) is 0 Å². The van der Waals surface area contributed by atoms with E-state index in [-0.39, 0.29) is 5.75 Å². The van der Waals surface area contributed by atoms with Crippen LogP contribution in [0.3, 0.4) is 0 Å². The molecule has 0 aromatic heterocycles. The summed E-state index contributed by atoms with van der Waals surface area (Å²) in [6.07, 6.45) is 1.68. The van der Waals surface area contributed by atoms with Crippen molar-refractivity contribution in [1.29, 1.82) is 0 Å². The maximum Gasteiger partial charge on any atom is 0.337 e. The van der Waals surface area contributed by atoms with Crippen molar-refractivity contribution in [2.75, 3.05) is 7.11 Å².